The zero-order valence-electron chi connectivity index (χ0n) is 22.0. The highest BCUT2D eigenvalue weighted by atomic mass is 15.1. The number of rotatable bonds is 10. The molecule has 0 saturated carbocycles. The van der Waals surface area contributed by atoms with Gasteiger partial charge in [0, 0.05) is 44.0 Å². The molecule has 0 aromatic heterocycles. The number of hydrogen-bond donors (Lipinski definition) is 1. The lowest BCUT2D eigenvalue weighted by atomic mass is 9.77. The van der Waals surface area contributed by atoms with Gasteiger partial charge >= 0.3 is 0 Å². The molecule has 0 spiro atoms. The summed E-state index contributed by atoms with van der Waals surface area (Å²) in [6.07, 6.45) is 2.38. The number of hydrogen-bond acceptors (Lipinski definition) is 3. The second kappa shape index (κ2) is 11.6. The van der Waals surface area contributed by atoms with Crippen LogP contribution in [0.3, 0.4) is 0 Å². The molecule has 3 heteroatoms. The van der Waals surface area contributed by atoms with Gasteiger partial charge in [0.1, 0.15) is 0 Å². The van der Waals surface area contributed by atoms with E-state index in [1.807, 2.05) is 0 Å². The summed E-state index contributed by atoms with van der Waals surface area (Å²) in [5.74, 6) is 0. The summed E-state index contributed by atoms with van der Waals surface area (Å²) in [4.78, 5) is 4.79. The van der Waals surface area contributed by atoms with E-state index in [-0.39, 0.29) is 6.04 Å². The Morgan fingerprint density at radius 3 is 1.66 bits per heavy atom. The molecule has 0 bridgehead atoms. The molecule has 0 aliphatic heterocycles. The third-order valence-corrected chi connectivity index (χ3v) is 7.21. The van der Waals surface area contributed by atoms with Crippen molar-refractivity contribution in [1.29, 1.82) is 0 Å². The summed E-state index contributed by atoms with van der Waals surface area (Å²) < 4.78 is 0. The van der Waals surface area contributed by atoms with Gasteiger partial charge in [0.05, 0.1) is 6.04 Å². The van der Waals surface area contributed by atoms with Crippen LogP contribution in [0.5, 0.6) is 0 Å². The smallest absolute Gasteiger partial charge is 0.0588 e. The molecular weight excluding hydrogens is 426 g/mol. The minimum atomic E-state index is 0.151. The highest BCUT2D eigenvalue weighted by Crippen LogP contribution is 2.45. The van der Waals surface area contributed by atoms with E-state index in [9.17, 15) is 0 Å². The van der Waals surface area contributed by atoms with Crippen molar-refractivity contribution < 1.29 is 0 Å². The fraction of sp³-hybridized carbons (Fsp3) is 0.344. The van der Waals surface area contributed by atoms with Crippen LogP contribution in [0, 0.1) is 6.42 Å². The molecule has 0 saturated heterocycles. The first kappa shape index (κ1) is 25.1. The fourth-order valence-corrected chi connectivity index (χ4v) is 5.31. The van der Waals surface area contributed by atoms with Crippen molar-refractivity contribution in [3.8, 4) is 0 Å². The van der Waals surface area contributed by atoms with Crippen molar-refractivity contribution in [3.05, 3.63) is 101 Å². The second-order valence-corrected chi connectivity index (χ2v) is 9.03. The third kappa shape index (κ3) is 5.16. The largest absolute Gasteiger partial charge is 0.372 e. The lowest BCUT2D eigenvalue weighted by Crippen LogP contribution is -2.26. The Morgan fingerprint density at radius 1 is 0.629 bits per heavy atom. The number of allylic oxidation sites excluding steroid dienone is 1. The number of anilines is 2. The summed E-state index contributed by atoms with van der Waals surface area (Å²) in [6, 6.07) is 27.2. The maximum absolute atomic E-state index is 3.80. The zero-order chi connectivity index (χ0) is 24.8. The van der Waals surface area contributed by atoms with Gasteiger partial charge in [-0.15, -0.1) is 0 Å². The van der Waals surface area contributed by atoms with Gasteiger partial charge in [-0.1, -0.05) is 55.5 Å². The van der Waals surface area contributed by atoms with Gasteiger partial charge < -0.3 is 15.1 Å². The van der Waals surface area contributed by atoms with E-state index in [1.165, 1.54) is 44.8 Å². The highest BCUT2D eigenvalue weighted by Gasteiger charge is 2.29. The molecule has 1 aliphatic carbocycles. The van der Waals surface area contributed by atoms with Crippen molar-refractivity contribution >= 4 is 22.5 Å². The van der Waals surface area contributed by atoms with E-state index < -0.39 is 0 Å². The van der Waals surface area contributed by atoms with Crippen molar-refractivity contribution in [2.75, 3.05) is 42.5 Å². The molecule has 3 aromatic carbocycles. The molecule has 183 valence electrons. The molecule has 35 heavy (non-hydrogen) atoms. The van der Waals surface area contributed by atoms with E-state index in [0.717, 1.165) is 32.7 Å². The van der Waals surface area contributed by atoms with Crippen LogP contribution in [0.15, 0.2) is 72.8 Å². The first-order valence-corrected chi connectivity index (χ1v) is 13.3. The van der Waals surface area contributed by atoms with Gasteiger partial charge in [0.2, 0.25) is 0 Å². The van der Waals surface area contributed by atoms with Crippen LogP contribution in [0.1, 0.15) is 62.9 Å². The fourth-order valence-electron chi connectivity index (χ4n) is 5.31. The summed E-state index contributed by atoms with van der Waals surface area (Å²) in [5.41, 5.74) is 10.4. The number of likely N-dealkylation sites (N-methyl/N-ethyl adjacent to an activating group) is 1. The van der Waals surface area contributed by atoms with Gasteiger partial charge in [0.25, 0.3) is 0 Å². The minimum Gasteiger partial charge on any atom is -0.372 e. The molecule has 3 aromatic rings. The molecule has 0 fully saturated rings. The first-order valence-electron chi connectivity index (χ1n) is 13.3. The van der Waals surface area contributed by atoms with Crippen LogP contribution in [0.4, 0.5) is 11.4 Å². The molecule has 4 rings (SSSR count). The van der Waals surface area contributed by atoms with E-state index >= 15 is 0 Å². The number of nitrogens with one attached hydrogen (secondary N) is 1. The maximum Gasteiger partial charge on any atom is 0.0588 e. The van der Waals surface area contributed by atoms with E-state index in [2.05, 4.69) is 129 Å². The standard InChI is InChI=1S/C32H40N3/c1-6-33-32-29-14-12-11-13-26(29)23-30(24-15-19-27(20-16-24)34(7-2)8-3)31(32)25-17-21-28(22-18-25)35(9-4)10-5/h11-23,32-33H,6-10H2,1-5H3. The van der Waals surface area contributed by atoms with Gasteiger partial charge in [-0.2, -0.15) is 0 Å². The Morgan fingerprint density at radius 2 is 1.14 bits per heavy atom. The van der Waals surface area contributed by atoms with Crippen LogP contribution in [0.2, 0.25) is 0 Å². The van der Waals surface area contributed by atoms with Gasteiger partial charge in [-0.25, -0.2) is 0 Å². The lowest BCUT2D eigenvalue weighted by molar-refractivity contribution is 0.656. The summed E-state index contributed by atoms with van der Waals surface area (Å²) in [7, 11) is 0. The number of fused-ring (bicyclic) bond motifs is 1. The van der Waals surface area contributed by atoms with Crippen molar-refractivity contribution in [1.82, 2.24) is 5.32 Å². The Hall–Kier alpha value is -3.04. The molecule has 1 unspecified atom stereocenters. The normalized spacial score (nSPS) is 15.2. The summed E-state index contributed by atoms with van der Waals surface area (Å²) in [5, 5.41) is 3.80. The van der Waals surface area contributed by atoms with E-state index in [4.69, 9.17) is 0 Å². The van der Waals surface area contributed by atoms with Crippen LogP contribution in [0.25, 0.3) is 11.1 Å². The lowest BCUT2D eigenvalue weighted by Gasteiger charge is -2.33. The molecule has 1 atom stereocenters. The van der Waals surface area contributed by atoms with Gasteiger partial charge in [0.15, 0.2) is 0 Å². The topological polar surface area (TPSA) is 18.5 Å². The second-order valence-electron chi connectivity index (χ2n) is 9.03. The third-order valence-electron chi connectivity index (χ3n) is 7.21. The Kier molecular flexibility index (Phi) is 8.30. The quantitative estimate of drug-likeness (QED) is 0.341. The number of benzene rings is 3. The van der Waals surface area contributed by atoms with Crippen molar-refractivity contribution in [2.45, 2.75) is 40.7 Å². The molecule has 1 radical (unpaired) electrons. The Bertz CT molecular complexity index is 1120. The molecular formula is C32H40N3. The van der Waals surface area contributed by atoms with Gasteiger partial charge in [-0.3, -0.25) is 0 Å². The molecule has 3 nitrogen and oxygen atoms in total. The van der Waals surface area contributed by atoms with Crippen LogP contribution in [-0.4, -0.2) is 32.7 Å². The highest BCUT2D eigenvalue weighted by molar-refractivity contribution is 6.00. The van der Waals surface area contributed by atoms with Crippen LogP contribution in [-0.2, 0) is 0 Å². The predicted octanol–water partition coefficient (Wildman–Crippen LogP) is 7.21. The molecule has 1 aliphatic rings. The van der Waals surface area contributed by atoms with Gasteiger partial charge in [-0.05, 0) is 91.9 Å². The summed E-state index contributed by atoms with van der Waals surface area (Å²) >= 11 is 0. The monoisotopic (exact) mass is 466 g/mol. The zero-order valence-corrected chi connectivity index (χ0v) is 22.0. The predicted molar refractivity (Wildman–Crippen MR) is 153 cm³/mol. The van der Waals surface area contributed by atoms with Crippen LogP contribution < -0.4 is 15.1 Å². The number of nitrogens with zero attached hydrogens (tertiary/aromatic N) is 2. The molecule has 0 amide bonds. The van der Waals surface area contributed by atoms with E-state index in [0.29, 0.717) is 0 Å². The van der Waals surface area contributed by atoms with Crippen molar-refractivity contribution in [3.63, 3.8) is 0 Å². The molecule has 1 N–H and O–H groups in total. The Labute approximate surface area is 212 Å². The van der Waals surface area contributed by atoms with Crippen LogP contribution >= 0.6 is 0 Å². The Balaban J connectivity index is 1.85. The summed E-state index contributed by atoms with van der Waals surface area (Å²) in [6.45, 7) is 16.0. The maximum atomic E-state index is 3.80. The minimum absolute atomic E-state index is 0.151. The average molecular weight is 467 g/mol. The SMILES string of the molecule is CCNC1C(c2ccc(N(CC)CC)cc2)=C(c2ccc(N(CC)CC)cc2)[CH]c2ccccc21. The van der Waals surface area contributed by atoms with Crippen molar-refractivity contribution in [2.24, 2.45) is 0 Å². The van der Waals surface area contributed by atoms with E-state index in [1.54, 1.807) is 0 Å². The molecule has 0 heterocycles. The first-order chi connectivity index (χ1) is 17.1. The average Bonchev–Trinajstić information content (AvgIpc) is 2.91.